The average molecular weight is 276 g/mol. The van der Waals surface area contributed by atoms with Gasteiger partial charge in [0.15, 0.2) is 0 Å². The van der Waals surface area contributed by atoms with Gasteiger partial charge in [-0.25, -0.2) is 0 Å². The molecular weight excluding hydrogens is 252 g/mol. The normalized spacial score (nSPS) is 23.8. The van der Waals surface area contributed by atoms with Crippen LogP contribution in [0.2, 0.25) is 0 Å². The number of piperazine rings is 1. The van der Waals surface area contributed by atoms with Crippen molar-refractivity contribution in [2.75, 3.05) is 25.6 Å². The Balaban J connectivity index is 2.19. The number of benzene rings is 1. The third kappa shape index (κ3) is 2.78. The standard InChI is InChI=1S/C15H24N4O/c1-10-7-13(17-16)5-6-14(10)15(20)19-8-11(2)18(4)12(3)9-19/h5-7,11-12,17H,8-9,16H2,1-4H3. The van der Waals surface area contributed by atoms with Crippen molar-refractivity contribution < 1.29 is 4.79 Å². The molecule has 0 aliphatic carbocycles. The van der Waals surface area contributed by atoms with Gasteiger partial charge < -0.3 is 10.3 Å². The molecule has 20 heavy (non-hydrogen) atoms. The van der Waals surface area contributed by atoms with E-state index >= 15 is 0 Å². The summed E-state index contributed by atoms with van der Waals surface area (Å²) in [6, 6.07) is 6.35. The summed E-state index contributed by atoms with van der Waals surface area (Å²) in [4.78, 5) is 16.9. The lowest BCUT2D eigenvalue weighted by molar-refractivity contribution is 0.0413. The fourth-order valence-corrected chi connectivity index (χ4v) is 2.73. The van der Waals surface area contributed by atoms with Gasteiger partial charge in [-0.3, -0.25) is 15.5 Å². The second kappa shape index (κ2) is 5.81. The molecule has 5 heteroatoms. The van der Waals surface area contributed by atoms with Crippen LogP contribution in [0.15, 0.2) is 18.2 Å². The number of hydrogen-bond donors (Lipinski definition) is 2. The number of aryl methyl sites for hydroxylation is 1. The maximum absolute atomic E-state index is 12.7. The van der Waals surface area contributed by atoms with Crippen LogP contribution in [0, 0.1) is 6.92 Å². The summed E-state index contributed by atoms with van der Waals surface area (Å²) < 4.78 is 0. The van der Waals surface area contributed by atoms with Crippen LogP contribution >= 0.6 is 0 Å². The topological polar surface area (TPSA) is 61.6 Å². The minimum absolute atomic E-state index is 0.109. The molecule has 110 valence electrons. The second-order valence-electron chi connectivity index (χ2n) is 5.75. The van der Waals surface area contributed by atoms with Gasteiger partial charge in [-0.05, 0) is 51.6 Å². The Hall–Kier alpha value is -1.59. The summed E-state index contributed by atoms with van der Waals surface area (Å²) in [5.41, 5.74) is 5.13. The number of hydrazine groups is 1. The summed E-state index contributed by atoms with van der Waals surface area (Å²) in [5, 5.41) is 0. The van der Waals surface area contributed by atoms with E-state index < -0.39 is 0 Å². The van der Waals surface area contributed by atoms with E-state index in [0.29, 0.717) is 12.1 Å². The number of likely N-dealkylation sites (N-methyl/N-ethyl adjacent to an activating group) is 1. The van der Waals surface area contributed by atoms with Crippen LogP contribution in [0.1, 0.15) is 29.8 Å². The summed E-state index contributed by atoms with van der Waals surface area (Å²) >= 11 is 0. The van der Waals surface area contributed by atoms with Gasteiger partial charge >= 0.3 is 0 Å². The molecule has 1 saturated heterocycles. The minimum atomic E-state index is 0.109. The minimum Gasteiger partial charge on any atom is -0.336 e. The highest BCUT2D eigenvalue weighted by molar-refractivity contribution is 5.96. The van der Waals surface area contributed by atoms with Gasteiger partial charge in [-0.2, -0.15) is 0 Å². The molecule has 1 aromatic rings. The van der Waals surface area contributed by atoms with E-state index in [0.717, 1.165) is 29.9 Å². The van der Waals surface area contributed by atoms with E-state index in [1.165, 1.54) is 0 Å². The molecule has 3 N–H and O–H groups in total. The van der Waals surface area contributed by atoms with Crippen LogP contribution in [-0.4, -0.2) is 47.9 Å². The number of carbonyl (C=O) groups is 1. The summed E-state index contributed by atoms with van der Waals surface area (Å²) in [7, 11) is 2.12. The third-order valence-corrected chi connectivity index (χ3v) is 4.27. The van der Waals surface area contributed by atoms with Gasteiger partial charge in [-0.15, -0.1) is 0 Å². The molecule has 0 spiro atoms. The van der Waals surface area contributed by atoms with Crippen molar-refractivity contribution in [2.45, 2.75) is 32.9 Å². The number of nitrogens with one attached hydrogen (secondary N) is 1. The third-order valence-electron chi connectivity index (χ3n) is 4.27. The van der Waals surface area contributed by atoms with Crippen molar-refractivity contribution in [1.29, 1.82) is 0 Å². The molecule has 0 radical (unpaired) electrons. The lowest BCUT2D eigenvalue weighted by Crippen LogP contribution is -2.56. The van der Waals surface area contributed by atoms with Crippen molar-refractivity contribution in [3.05, 3.63) is 29.3 Å². The molecule has 0 saturated carbocycles. The van der Waals surface area contributed by atoms with Crippen molar-refractivity contribution in [3.8, 4) is 0 Å². The molecule has 1 aliphatic heterocycles. The molecule has 2 rings (SSSR count). The molecule has 2 unspecified atom stereocenters. The molecule has 1 fully saturated rings. The van der Waals surface area contributed by atoms with Crippen molar-refractivity contribution in [2.24, 2.45) is 5.84 Å². The number of hydrogen-bond acceptors (Lipinski definition) is 4. The van der Waals surface area contributed by atoms with Crippen molar-refractivity contribution in [1.82, 2.24) is 9.80 Å². The molecule has 5 nitrogen and oxygen atoms in total. The van der Waals surface area contributed by atoms with E-state index in [1.54, 1.807) is 0 Å². The Bertz CT molecular complexity index is 491. The Morgan fingerprint density at radius 3 is 2.40 bits per heavy atom. The summed E-state index contributed by atoms with van der Waals surface area (Å²) in [6.45, 7) is 7.80. The number of nitrogens with zero attached hydrogens (tertiary/aromatic N) is 2. The zero-order chi connectivity index (χ0) is 14.9. The Kier molecular flexibility index (Phi) is 4.30. The van der Waals surface area contributed by atoms with Crippen molar-refractivity contribution in [3.63, 3.8) is 0 Å². The lowest BCUT2D eigenvalue weighted by Gasteiger charge is -2.42. The molecule has 1 aliphatic rings. The largest absolute Gasteiger partial charge is 0.336 e. The molecule has 1 amide bonds. The van der Waals surface area contributed by atoms with Crippen molar-refractivity contribution >= 4 is 11.6 Å². The number of rotatable bonds is 2. The Labute approximate surface area is 120 Å². The van der Waals surface area contributed by atoms with Crippen LogP contribution in [0.4, 0.5) is 5.69 Å². The maximum atomic E-state index is 12.7. The molecule has 2 atom stereocenters. The predicted molar refractivity (Wildman–Crippen MR) is 81.6 cm³/mol. The smallest absolute Gasteiger partial charge is 0.254 e. The van der Waals surface area contributed by atoms with Crippen LogP contribution in [0.25, 0.3) is 0 Å². The quantitative estimate of drug-likeness (QED) is 0.634. The molecule has 1 aromatic carbocycles. The second-order valence-corrected chi connectivity index (χ2v) is 5.75. The number of amides is 1. The number of carbonyl (C=O) groups excluding carboxylic acids is 1. The van der Waals surface area contributed by atoms with E-state index in [9.17, 15) is 4.79 Å². The Morgan fingerprint density at radius 1 is 1.30 bits per heavy atom. The molecule has 0 aromatic heterocycles. The summed E-state index contributed by atoms with van der Waals surface area (Å²) in [5.74, 6) is 5.50. The number of nitrogen functional groups attached to an aromatic ring is 1. The van der Waals surface area contributed by atoms with E-state index in [4.69, 9.17) is 5.84 Å². The van der Waals surface area contributed by atoms with E-state index in [2.05, 4.69) is 31.2 Å². The van der Waals surface area contributed by atoms with Gasteiger partial charge in [0.05, 0.1) is 0 Å². The first-order chi connectivity index (χ1) is 9.43. The van der Waals surface area contributed by atoms with E-state index in [-0.39, 0.29) is 5.91 Å². The fourth-order valence-electron chi connectivity index (χ4n) is 2.73. The maximum Gasteiger partial charge on any atom is 0.254 e. The Morgan fingerprint density at radius 2 is 1.90 bits per heavy atom. The van der Waals surface area contributed by atoms with Crippen LogP contribution in [0.5, 0.6) is 0 Å². The SMILES string of the molecule is Cc1cc(NN)ccc1C(=O)N1CC(C)N(C)C(C)C1. The number of anilines is 1. The summed E-state index contributed by atoms with van der Waals surface area (Å²) in [6.07, 6.45) is 0. The van der Waals surface area contributed by atoms with Gasteiger partial charge in [0.2, 0.25) is 0 Å². The number of nitrogens with two attached hydrogens (primary N) is 1. The first-order valence-electron chi connectivity index (χ1n) is 7.02. The first-order valence-corrected chi connectivity index (χ1v) is 7.02. The van der Waals surface area contributed by atoms with Gasteiger partial charge in [-0.1, -0.05) is 0 Å². The molecule has 1 heterocycles. The lowest BCUT2D eigenvalue weighted by atomic mass is 10.0. The zero-order valence-corrected chi connectivity index (χ0v) is 12.7. The van der Waals surface area contributed by atoms with Gasteiger partial charge in [0.1, 0.15) is 0 Å². The average Bonchev–Trinajstić information content (AvgIpc) is 2.43. The van der Waals surface area contributed by atoms with Crippen LogP contribution in [-0.2, 0) is 0 Å². The molecular formula is C15H24N4O. The molecule has 0 bridgehead atoms. The van der Waals surface area contributed by atoms with Gasteiger partial charge in [0, 0.05) is 36.4 Å². The first kappa shape index (κ1) is 14.8. The van der Waals surface area contributed by atoms with E-state index in [1.807, 2.05) is 30.0 Å². The predicted octanol–water partition coefficient (Wildman–Crippen LogP) is 1.45. The fraction of sp³-hybridized carbons (Fsp3) is 0.533. The highest BCUT2D eigenvalue weighted by atomic mass is 16.2. The monoisotopic (exact) mass is 276 g/mol. The highest BCUT2D eigenvalue weighted by Gasteiger charge is 2.30. The highest BCUT2D eigenvalue weighted by Crippen LogP contribution is 2.20. The van der Waals surface area contributed by atoms with Crippen LogP contribution in [0.3, 0.4) is 0 Å². The van der Waals surface area contributed by atoms with Crippen LogP contribution < -0.4 is 11.3 Å². The van der Waals surface area contributed by atoms with Gasteiger partial charge in [0.25, 0.3) is 5.91 Å². The zero-order valence-electron chi connectivity index (χ0n) is 12.7.